The van der Waals surface area contributed by atoms with E-state index in [4.69, 9.17) is 0 Å². The lowest BCUT2D eigenvalue weighted by Crippen LogP contribution is -2.29. The van der Waals surface area contributed by atoms with Crippen LogP contribution < -0.4 is 5.32 Å². The highest BCUT2D eigenvalue weighted by Gasteiger charge is 2.11. The Balaban J connectivity index is 1.51. The van der Waals surface area contributed by atoms with Crippen LogP contribution in [-0.4, -0.2) is 27.8 Å². The topological polar surface area (TPSA) is 46.9 Å². The van der Waals surface area contributed by atoms with E-state index in [0.717, 1.165) is 22.8 Å². The second-order valence-electron chi connectivity index (χ2n) is 5.64. The normalized spacial score (nSPS) is 11.0. The molecule has 0 bridgehead atoms. The van der Waals surface area contributed by atoms with Crippen molar-refractivity contribution in [3.63, 3.8) is 0 Å². The fourth-order valence-electron chi connectivity index (χ4n) is 2.38. The molecule has 0 saturated carbocycles. The van der Waals surface area contributed by atoms with E-state index in [1.54, 1.807) is 11.8 Å². The minimum atomic E-state index is -0.954. The number of rotatable bonds is 6. The standard InChI is InChI=1S/C18H17F2N3OS/c1-12-2-4-13(5-3-12)25-7-6-21-18(24)10-23-11-22-16-8-14(19)15(20)9-17(16)23/h2-5,8-9,11H,6-7,10H2,1H3,(H,21,24). The van der Waals surface area contributed by atoms with Crippen molar-refractivity contribution < 1.29 is 13.6 Å². The van der Waals surface area contributed by atoms with E-state index in [2.05, 4.69) is 10.3 Å². The Morgan fingerprint density at radius 1 is 1.20 bits per heavy atom. The quantitative estimate of drug-likeness (QED) is 0.540. The molecule has 1 N–H and O–H groups in total. The monoisotopic (exact) mass is 361 g/mol. The van der Waals surface area contributed by atoms with Crippen LogP contribution in [0.4, 0.5) is 8.78 Å². The van der Waals surface area contributed by atoms with Crippen LogP contribution in [0.25, 0.3) is 11.0 Å². The van der Waals surface area contributed by atoms with Crippen LogP contribution in [0.15, 0.2) is 47.6 Å². The van der Waals surface area contributed by atoms with Gasteiger partial charge in [-0.05, 0) is 19.1 Å². The van der Waals surface area contributed by atoms with E-state index < -0.39 is 11.6 Å². The van der Waals surface area contributed by atoms with Crippen molar-refractivity contribution in [2.75, 3.05) is 12.3 Å². The van der Waals surface area contributed by atoms with E-state index in [1.165, 1.54) is 16.5 Å². The van der Waals surface area contributed by atoms with E-state index in [0.29, 0.717) is 17.6 Å². The van der Waals surface area contributed by atoms with Crippen molar-refractivity contribution in [3.8, 4) is 0 Å². The average Bonchev–Trinajstić information content (AvgIpc) is 2.95. The van der Waals surface area contributed by atoms with E-state index in [9.17, 15) is 13.6 Å². The van der Waals surface area contributed by atoms with Crippen LogP contribution in [0.5, 0.6) is 0 Å². The van der Waals surface area contributed by atoms with Crippen LogP contribution in [-0.2, 0) is 11.3 Å². The highest BCUT2D eigenvalue weighted by molar-refractivity contribution is 7.99. The molecule has 1 heterocycles. The maximum absolute atomic E-state index is 13.4. The summed E-state index contributed by atoms with van der Waals surface area (Å²) in [4.78, 5) is 17.2. The first-order valence-corrected chi connectivity index (χ1v) is 8.77. The third-order valence-electron chi connectivity index (χ3n) is 3.69. The van der Waals surface area contributed by atoms with Crippen molar-refractivity contribution in [1.82, 2.24) is 14.9 Å². The summed E-state index contributed by atoms with van der Waals surface area (Å²) in [5, 5.41) is 2.82. The number of amides is 1. The van der Waals surface area contributed by atoms with Gasteiger partial charge >= 0.3 is 0 Å². The van der Waals surface area contributed by atoms with Crippen LogP contribution in [0.3, 0.4) is 0 Å². The summed E-state index contributed by atoms with van der Waals surface area (Å²) in [6, 6.07) is 10.3. The fourth-order valence-corrected chi connectivity index (χ4v) is 3.15. The maximum Gasteiger partial charge on any atom is 0.240 e. The van der Waals surface area contributed by atoms with Crippen molar-refractivity contribution in [2.24, 2.45) is 0 Å². The van der Waals surface area contributed by atoms with Gasteiger partial charge in [0.2, 0.25) is 5.91 Å². The number of carbonyl (C=O) groups excluding carboxylic acids is 1. The first kappa shape index (κ1) is 17.4. The molecule has 0 fully saturated rings. The number of benzene rings is 2. The molecule has 0 unspecified atom stereocenters. The van der Waals surface area contributed by atoms with Gasteiger partial charge in [0.05, 0.1) is 17.4 Å². The van der Waals surface area contributed by atoms with Gasteiger partial charge in [0, 0.05) is 29.3 Å². The van der Waals surface area contributed by atoms with Crippen molar-refractivity contribution in [3.05, 3.63) is 59.9 Å². The Kier molecular flexibility index (Phi) is 5.33. The molecule has 7 heteroatoms. The number of nitrogens with zero attached hydrogens (tertiary/aromatic N) is 2. The third kappa shape index (κ3) is 4.36. The van der Waals surface area contributed by atoms with E-state index in [-0.39, 0.29) is 12.5 Å². The zero-order valence-electron chi connectivity index (χ0n) is 13.6. The number of imidazole rings is 1. The Hall–Kier alpha value is -2.41. The summed E-state index contributed by atoms with van der Waals surface area (Å²) >= 11 is 1.66. The van der Waals surface area contributed by atoms with Crippen molar-refractivity contribution in [2.45, 2.75) is 18.4 Å². The zero-order chi connectivity index (χ0) is 17.8. The van der Waals surface area contributed by atoms with Crippen LogP contribution in [0.1, 0.15) is 5.56 Å². The van der Waals surface area contributed by atoms with Crippen LogP contribution >= 0.6 is 11.8 Å². The highest BCUT2D eigenvalue weighted by Crippen LogP contribution is 2.18. The average molecular weight is 361 g/mol. The maximum atomic E-state index is 13.4. The van der Waals surface area contributed by atoms with Gasteiger partial charge in [0.15, 0.2) is 11.6 Å². The number of aryl methyl sites for hydroxylation is 1. The lowest BCUT2D eigenvalue weighted by Gasteiger charge is -2.07. The number of aromatic nitrogens is 2. The summed E-state index contributed by atoms with van der Waals surface area (Å²) in [5.74, 6) is -1.35. The molecule has 0 saturated heterocycles. The Labute approximate surface area is 148 Å². The van der Waals surface area contributed by atoms with Crippen LogP contribution in [0.2, 0.25) is 0 Å². The van der Waals surface area contributed by atoms with Gasteiger partial charge in [0.1, 0.15) is 6.54 Å². The lowest BCUT2D eigenvalue weighted by atomic mass is 10.2. The minimum absolute atomic E-state index is 0.0107. The van der Waals surface area contributed by atoms with Gasteiger partial charge in [0.25, 0.3) is 0 Å². The summed E-state index contributed by atoms with van der Waals surface area (Å²) in [5.41, 5.74) is 1.92. The zero-order valence-corrected chi connectivity index (χ0v) is 14.4. The smallest absolute Gasteiger partial charge is 0.240 e. The highest BCUT2D eigenvalue weighted by atomic mass is 32.2. The number of hydrogen-bond acceptors (Lipinski definition) is 3. The van der Waals surface area contributed by atoms with Crippen molar-refractivity contribution >= 4 is 28.7 Å². The Morgan fingerprint density at radius 3 is 2.68 bits per heavy atom. The van der Waals surface area contributed by atoms with E-state index >= 15 is 0 Å². The first-order valence-electron chi connectivity index (χ1n) is 7.79. The summed E-state index contributed by atoms with van der Waals surface area (Å²) in [6.45, 7) is 2.57. The fraction of sp³-hybridized carbons (Fsp3) is 0.222. The Morgan fingerprint density at radius 2 is 1.92 bits per heavy atom. The largest absolute Gasteiger partial charge is 0.354 e. The number of hydrogen-bond donors (Lipinski definition) is 1. The number of halogens is 2. The number of fused-ring (bicyclic) bond motifs is 1. The molecule has 0 aliphatic heterocycles. The summed E-state index contributed by atoms with van der Waals surface area (Å²) in [6.07, 6.45) is 1.41. The predicted molar refractivity (Wildman–Crippen MR) is 94.6 cm³/mol. The van der Waals surface area contributed by atoms with E-state index in [1.807, 2.05) is 31.2 Å². The Bertz CT molecular complexity index is 893. The summed E-state index contributed by atoms with van der Waals surface area (Å²) < 4.78 is 28.0. The number of nitrogens with one attached hydrogen (secondary N) is 1. The molecule has 0 aliphatic carbocycles. The van der Waals surface area contributed by atoms with Gasteiger partial charge in [-0.15, -0.1) is 11.8 Å². The molecule has 130 valence electrons. The van der Waals surface area contributed by atoms with Gasteiger partial charge in [-0.3, -0.25) is 4.79 Å². The van der Waals surface area contributed by atoms with Gasteiger partial charge in [-0.2, -0.15) is 0 Å². The molecule has 0 spiro atoms. The molecular formula is C18H17F2N3OS. The minimum Gasteiger partial charge on any atom is -0.354 e. The molecule has 3 aromatic rings. The van der Waals surface area contributed by atoms with Crippen molar-refractivity contribution in [1.29, 1.82) is 0 Å². The molecule has 2 aromatic carbocycles. The first-order chi connectivity index (χ1) is 12.0. The van der Waals surface area contributed by atoms with Gasteiger partial charge in [-0.1, -0.05) is 17.7 Å². The molecule has 0 radical (unpaired) electrons. The SMILES string of the molecule is Cc1ccc(SCCNC(=O)Cn2cnc3cc(F)c(F)cc32)cc1. The molecule has 25 heavy (non-hydrogen) atoms. The van der Waals surface area contributed by atoms with Gasteiger partial charge < -0.3 is 9.88 Å². The van der Waals surface area contributed by atoms with Crippen LogP contribution in [0, 0.1) is 18.6 Å². The molecule has 1 aromatic heterocycles. The lowest BCUT2D eigenvalue weighted by molar-refractivity contribution is -0.121. The molecule has 4 nitrogen and oxygen atoms in total. The summed E-state index contributed by atoms with van der Waals surface area (Å²) in [7, 11) is 0. The number of carbonyl (C=O) groups is 1. The molecule has 1 amide bonds. The molecule has 0 atom stereocenters. The number of thioether (sulfide) groups is 1. The molecule has 0 aliphatic rings. The predicted octanol–water partition coefficient (Wildman–Crippen LogP) is 3.53. The molecular weight excluding hydrogens is 344 g/mol. The molecule has 3 rings (SSSR count). The second kappa shape index (κ2) is 7.65. The second-order valence-corrected chi connectivity index (χ2v) is 6.81. The van der Waals surface area contributed by atoms with Gasteiger partial charge in [-0.25, -0.2) is 13.8 Å². The third-order valence-corrected chi connectivity index (χ3v) is 4.70.